The molecule has 1 nitrogen and oxygen atoms in total. The topological polar surface area (TPSA) is 17.1 Å². The summed E-state index contributed by atoms with van der Waals surface area (Å²) >= 11 is 1.62. The van der Waals surface area contributed by atoms with Crippen LogP contribution in [0.2, 0.25) is 0 Å². The van der Waals surface area contributed by atoms with E-state index in [0.717, 1.165) is 16.0 Å². The van der Waals surface area contributed by atoms with Crippen LogP contribution < -0.4 is 0 Å². The van der Waals surface area contributed by atoms with Crippen LogP contribution in [0, 0.1) is 12.7 Å². The van der Waals surface area contributed by atoms with Crippen molar-refractivity contribution >= 4 is 17.6 Å². The highest BCUT2D eigenvalue weighted by atomic mass is 32.1. The standard InChI is InChI=1S/C12H9FOS/c1-8-11(4-5-15-8)9-2-3-10(7-14)12(13)6-9/h2-7H,1H3. The van der Waals surface area contributed by atoms with Crippen molar-refractivity contribution in [2.24, 2.45) is 0 Å². The van der Waals surface area contributed by atoms with Crippen LogP contribution in [0.5, 0.6) is 0 Å². The first-order chi connectivity index (χ1) is 7.22. The lowest BCUT2D eigenvalue weighted by molar-refractivity contribution is 0.112. The fourth-order valence-corrected chi connectivity index (χ4v) is 2.20. The van der Waals surface area contributed by atoms with Gasteiger partial charge in [0, 0.05) is 4.88 Å². The van der Waals surface area contributed by atoms with E-state index < -0.39 is 5.82 Å². The molecule has 76 valence electrons. The predicted molar refractivity (Wildman–Crippen MR) is 59.8 cm³/mol. The van der Waals surface area contributed by atoms with Crippen molar-refractivity contribution in [3.63, 3.8) is 0 Å². The van der Waals surface area contributed by atoms with Crippen LogP contribution in [0.15, 0.2) is 29.6 Å². The number of benzene rings is 1. The number of carbonyl (C=O) groups is 1. The minimum atomic E-state index is -0.465. The second kappa shape index (κ2) is 3.95. The Balaban J connectivity index is 2.52. The first kappa shape index (κ1) is 10.1. The van der Waals surface area contributed by atoms with Gasteiger partial charge in [-0.15, -0.1) is 11.3 Å². The Morgan fingerprint density at radius 1 is 1.33 bits per heavy atom. The fourth-order valence-electron chi connectivity index (χ4n) is 1.47. The van der Waals surface area contributed by atoms with E-state index in [1.165, 1.54) is 12.1 Å². The van der Waals surface area contributed by atoms with E-state index >= 15 is 0 Å². The number of hydrogen-bond donors (Lipinski definition) is 0. The molecule has 2 aromatic rings. The van der Waals surface area contributed by atoms with Crippen LogP contribution in [0.4, 0.5) is 4.39 Å². The highest BCUT2D eigenvalue weighted by Crippen LogP contribution is 2.28. The largest absolute Gasteiger partial charge is 0.298 e. The summed E-state index contributed by atoms with van der Waals surface area (Å²) in [5.41, 5.74) is 1.94. The summed E-state index contributed by atoms with van der Waals surface area (Å²) in [6, 6.07) is 6.63. The number of carbonyl (C=O) groups excluding carboxylic acids is 1. The van der Waals surface area contributed by atoms with Gasteiger partial charge in [-0.05, 0) is 41.6 Å². The predicted octanol–water partition coefficient (Wildman–Crippen LogP) is 3.68. The molecule has 0 fully saturated rings. The van der Waals surface area contributed by atoms with Crippen molar-refractivity contribution in [2.45, 2.75) is 6.92 Å². The molecule has 0 amide bonds. The molecule has 0 saturated carbocycles. The van der Waals surface area contributed by atoms with Crippen LogP contribution in [0.3, 0.4) is 0 Å². The molecule has 0 aliphatic carbocycles. The van der Waals surface area contributed by atoms with Crippen LogP contribution in [-0.4, -0.2) is 6.29 Å². The van der Waals surface area contributed by atoms with Gasteiger partial charge in [0.1, 0.15) is 5.82 Å². The lowest BCUT2D eigenvalue weighted by atomic mass is 10.0. The van der Waals surface area contributed by atoms with E-state index in [2.05, 4.69) is 0 Å². The minimum Gasteiger partial charge on any atom is -0.298 e. The second-order valence-corrected chi connectivity index (χ2v) is 4.36. The van der Waals surface area contributed by atoms with Crippen LogP contribution in [0.25, 0.3) is 11.1 Å². The summed E-state index contributed by atoms with van der Waals surface area (Å²) in [5.74, 6) is -0.465. The zero-order chi connectivity index (χ0) is 10.8. The summed E-state index contributed by atoms with van der Waals surface area (Å²) in [5, 5.41) is 1.97. The quantitative estimate of drug-likeness (QED) is 0.706. The Labute approximate surface area is 91.2 Å². The Hall–Kier alpha value is -1.48. The number of aryl methyl sites for hydroxylation is 1. The third-order valence-corrected chi connectivity index (χ3v) is 3.14. The molecule has 0 N–H and O–H groups in total. The molecule has 0 unspecified atom stereocenters. The van der Waals surface area contributed by atoms with Gasteiger partial charge in [-0.25, -0.2) is 4.39 Å². The first-order valence-electron chi connectivity index (χ1n) is 4.51. The molecule has 0 aliphatic rings. The van der Waals surface area contributed by atoms with Gasteiger partial charge in [0.05, 0.1) is 5.56 Å². The van der Waals surface area contributed by atoms with Crippen molar-refractivity contribution in [3.05, 3.63) is 45.9 Å². The first-order valence-corrected chi connectivity index (χ1v) is 5.39. The number of hydrogen-bond acceptors (Lipinski definition) is 2. The summed E-state index contributed by atoms with van der Waals surface area (Å²) in [6.07, 6.45) is 0.527. The average Bonchev–Trinajstić information content (AvgIpc) is 2.64. The zero-order valence-electron chi connectivity index (χ0n) is 8.16. The van der Waals surface area contributed by atoms with E-state index in [9.17, 15) is 9.18 Å². The van der Waals surface area contributed by atoms with E-state index in [-0.39, 0.29) is 5.56 Å². The maximum atomic E-state index is 13.3. The third-order valence-electron chi connectivity index (χ3n) is 2.30. The molecular formula is C12H9FOS. The van der Waals surface area contributed by atoms with Gasteiger partial charge in [0.2, 0.25) is 0 Å². The van der Waals surface area contributed by atoms with Gasteiger partial charge in [-0.3, -0.25) is 4.79 Å². The molecule has 0 spiro atoms. The molecule has 0 bridgehead atoms. The van der Waals surface area contributed by atoms with Crippen molar-refractivity contribution in [1.29, 1.82) is 0 Å². The SMILES string of the molecule is Cc1sccc1-c1ccc(C=O)c(F)c1. The molecule has 1 heterocycles. The van der Waals surface area contributed by atoms with Crippen molar-refractivity contribution in [3.8, 4) is 11.1 Å². The Morgan fingerprint density at radius 3 is 2.67 bits per heavy atom. The maximum absolute atomic E-state index is 13.3. The van der Waals surface area contributed by atoms with Crippen LogP contribution in [0.1, 0.15) is 15.2 Å². The zero-order valence-corrected chi connectivity index (χ0v) is 8.98. The smallest absolute Gasteiger partial charge is 0.152 e. The van der Waals surface area contributed by atoms with E-state index in [4.69, 9.17) is 0 Å². The van der Waals surface area contributed by atoms with Crippen LogP contribution in [-0.2, 0) is 0 Å². The van der Waals surface area contributed by atoms with Gasteiger partial charge in [0.25, 0.3) is 0 Å². The van der Waals surface area contributed by atoms with Gasteiger partial charge in [0.15, 0.2) is 6.29 Å². The van der Waals surface area contributed by atoms with E-state index in [0.29, 0.717) is 6.29 Å². The van der Waals surface area contributed by atoms with Gasteiger partial charge in [-0.1, -0.05) is 6.07 Å². The molecule has 0 radical (unpaired) electrons. The molecular weight excluding hydrogens is 211 g/mol. The minimum absolute atomic E-state index is 0.103. The molecule has 1 aromatic carbocycles. The number of thiophene rings is 1. The summed E-state index contributed by atoms with van der Waals surface area (Å²) in [6.45, 7) is 1.99. The van der Waals surface area contributed by atoms with E-state index in [1.807, 2.05) is 18.4 Å². The van der Waals surface area contributed by atoms with Crippen molar-refractivity contribution in [2.75, 3.05) is 0 Å². The summed E-state index contributed by atoms with van der Waals surface area (Å²) < 4.78 is 13.3. The van der Waals surface area contributed by atoms with Crippen molar-refractivity contribution in [1.82, 2.24) is 0 Å². The Kier molecular flexibility index (Phi) is 2.64. The Morgan fingerprint density at radius 2 is 2.13 bits per heavy atom. The normalized spacial score (nSPS) is 10.3. The monoisotopic (exact) mass is 220 g/mol. The molecule has 1 aromatic heterocycles. The third kappa shape index (κ3) is 1.83. The highest BCUT2D eigenvalue weighted by molar-refractivity contribution is 7.10. The molecule has 0 aliphatic heterocycles. The fraction of sp³-hybridized carbons (Fsp3) is 0.0833. The lowest BCUT2D eigenvalue weighted by Gasteiger charge is -2.01. The van der Waals surface area contributed by atoms with E-state index in [1.54, 1.807) is 17.4 Å². The van der Waals surface area contributed by atoms with Gasteiger partial charge >= 0.3 is 0 Å². The summed E-state index contributed by atoms with van der Waals surface area (Å²) in [4.78, 5) is 11.6. The second-order valence-electron chi connectivity index (χ2n) is 3.24. The van der Waals surface area contributed by atoms with Gasteiger partial charge in [-0.2, -0.15) is 0 Å². The molecule has 3 heteroatoms. The maximum Gasteiger partial charge on any atom is 0.152 e. The molecule has 0 atom stereocenters. The van der Waals surface area contributed by atoms with Gasteiger partial charge < -0.3 is 0 Å². The Bertz CT molecular complexity index is 502. The number of aldehydes is 1. The molecule has 2 rings (SSSR count). The highest BCUT2D eigenvalue weighted by Gasteiger charge is 2.06. The lowest BCUT2D eigenvalue weighted by Crippen LogP contribution is -1.88. The van der Waals surface area contributed by atoms with Crippen LogP contribution >= 0.6 is 11.3 Å². The number of halogens is 1. The summed E-state index contributed by atoms with van der Waals surface area (Å²) in [7, 11) is 0. The average molecular weight is 220 g/mol. The van der Waals surface area contributed by atoms with Crippen molar-refractivity contribution < 1.29 is 9.18 Å². The number of rotatable bonds is 2. The molecule has 0 saturated heterocycles. The molecule has 15 heavy (non-hydrogen) atoms.